The Bertz CT molecular complexity index is 255. The fourth-order valence-corrected chi connectivity index (χ4v) is 0.983. The Kier molecular flexibility index (Phi) is 5.17. The van der Waals surface area contributed by atoms with Crippen LogP contribution in [0.5, 0.6) is 0 Å². The highest BCUT2D eigenvalue weighted by Gasteiger charge is 2.00. The summed E-state index contributed by atoms with van der Waals surface area (Å²) in [5.41, 5.74) is 2.83. The quantitative estimate of drug-likeness (QED) is 0.578. The van der Waals surface area contributed by atoms with Gasteiger partial charge in [0.2, 0.25) is 0 Å². The lowest BCUT2D eigenvalue weighted by Gasteiger charge is -2.01. The summed E-state index contributed by atoms with van der Waals surface area (Å²) in [6.07, 6.45) is 0. The molecule has 1 rings (SSSR count). The third-order valence-electron chi connectivity index (χ3n) is 1.30. The zero-order valence-corrected chi connectivity index (χ0v) is 7.75. The number of halogens is 3. The molecule has 1 aromatic rings. The Labute approximate surface area is 81.3 Å². The molecule has 0 bridgehead atoms. The van der Waals surface area contributed by atoms with Crippen LogP contribution in [0, 0.1) is 5.82 Å². The van der Waals surface area contributed by atoms with Crippen LogP contribution in [0.4, 0.5) is 4.39 Å². The number of hydrazine groups is 1. The van der Waals surface area contributed by atoms with E-state index in [0.717, 1.165) is 0 Å². The van der Waals surface area contributed by atoms with Crippen molar-refractivity contribution >= 4 is 24.0 Å². The molecule has 0 saturated heterocycles. The molecule has 5 heteroatoms. The van der Waals surface area contributed by atoms with Gasteiger partial charge in [-0.05, 0) is 18.2 Å². The lowest BCUT2D eigenvalue weighted by molar-refractivity contribution is 0.594. The Balaban J connectivity index is 0.00000121. The molecule has 0 radical (unpaired) electrons. The van der Waals surface area contributed by atoms with Crippen molar-refractivity contribution in [3.8, 4) is 0 Å². The molecule has 3 N–H and O–H groups in total. The van der Waals surface area contributed by atoms with Crippen LogP contribution in [0.2, 0.25) is 5.02 Å². The molecule has 0 fully saturated rings. The van der Waals surface area contributed by atoms with Gasteiger partial charge in [0, 0.05) is 17.1 Å². The van der Waals surface area contributed by atoms with E-state index < -0.39 is 0 Å². The van der Waals surface area contributed by atoms with Crippen molar-refractivity contribution in [1.82, 2.24) is 5.43 Å². The van der Waals surface area contributed by atoms with Crippen LogP contribution in [-0.2, 0) is 6.54 Å². The van der Waals surface area contributed by atoms with E-state index in [2.05, 4.69) is 5.43 Å². The Morgan fingerprint density at radius 2 is 2.17 bits per heavy atom. The molecule has 0 unspecified atom stereocenters. The monoisotopic (exact) mass is 210 g/mol. The average molecular weight is 211 g/mol. The van der Waals surface area contributed by atoms with Crippen molar-refractivity contribution < 1.29 is 4.39 Å². The average Bonchev–Trinajstić information content (AvgIpc) is 1.98. The van der Waals surface area contributed by atoms with E-state index in [-0.39, 0.29) is 24.8 Å². The maximum atomic E-state index is 12.8. The largest absolute Gasteiger partial charge is 0.271 e. The van der Waals surface area contributed by atoms with Crippen LogP contribution in [0.25, 0.3) is 0 Å². The minimum absolute atomic E-state index is 0. The van der Waals surface area contributed by atoms with Crippen LogP contribution in [0.1, 0.15) is 5.56 Å². The summed E-state index contributed by atoms with van der Waals surface area (Å²) in [4.78, 5) is 0. The van der Waals surface area contributed by atoms with Gasteiger partial charge in [-0.3, -0.25) is 11.3 Å². The zero-order valence-electron chi connectivity index (χ0n) is 6.18. The summed E-state index contributed by atoms with van der Waals surface area (Å²) < 4.78 is 12.8. The second-order valence-corrected chi connectivity index (χ2v) is 2.55. The van der Waals surface area contributed by atoms with Gasteiger partial charge >= 0.3 is 0 Å². The molecule has 0 aromatic heterocycles. The first-order valence-electron chi connectivity index (χ1n) is 3.11. The molecule has 12 heavy (non-hydrogen) atoms. The number of hydrogen-bond donors (Lipinski definition) is 2. The third kappa shape index (κ3) is 2.95. The Hall–Kier alpha value is -0.350. The normalized spacial score (nSPS) is 9.25. The van der Waals surface area contributed by atoms with Gasteiger partial charge in [-0.1, -0.05) is 11.6 Å². The highest BCUT2D eigenvalue weighted by molar-refractivity contribution is 6.30. The van der Waals surface area contributed by atoms with Crippen molar-refractivity contribution in [3.63, 3.8) is 0 Å². The molecule has 0 aliphatic heterocycles. The molecule has 68 valence electrons. The van der Waals surface area contributed by atoms with Crippen LogP contribution in [0.15, 0.2) is 18.2 Å². The van der Waals surface area contributed by atoms with Gasteiger partial charge in [-0.2, -0.15) is 0 Å². The first kappa shape index (κ1) is 11.6. The van der Waals surface area contributed by atoms with Gasteiger partial charge < -0.3 is 0 Å². The second kappa shape index (κ2) is 5.32. The Morgan fingerprint density at radius 3 is 2.75 bits per heavy atom. The fraction of sp³-hybridized carbons (Fsp3) is 0.143. The predicted molar refractivity (Wildman–Crippen MR) is 49.7 cm³/mol. The van der Waals surface area contributed by atoms with E-state index in [9.17, 15) is 4.39 Å². The lowest BCUT2D eigenvalue weighted by Crippen LogP contribution is -2.21. The standard InChI is InChI=1S/C7H8ClFN2.ClH/c8-6-1-2-7(9)5(3-6)4-11-10;/h1-3,11H,4,10H2;1H. The smallest absolute Gasteiger partial charge is 0.127 e. The number of rotatable bonds is 2. The molecule has 0 heterocycles. The first-order chi connectivity index (χ1) is 5.24. The van der Waals surface area contributed by atoms with E-state index in [1.807, 2.05) is 0 Å². The summed E-state index contributed by atoms with van der Waals surface area (Å²) in [5, 5.41) is 0.511. The van der Waals surface area contributed by atoms with Crippen molar-refractivity contribution in [1.29, 1.82) is 0 Å². The van der Waals surface area contributed by atoms with Crippen molar-refractivity contribution in [2.45, 2.75) is 6.54 Å². The molecule has 0 saturated carbocycles. The van der Waals surface area contributed by atoms with E-state index in [1.54, 1.807) is 0 Å². The van der Waals surface area contributed by atoms with Gasteiger partial charge in [0.25, 0.3) is 0 Å². The van der Waals surface area contributed by atoms with E-state index in [0.29, 0.717) is 10.6 Å². The molecule has 0 atom stereocenters. The number of nitrogens with one attached hydrogen (secondary N) is 1. The van der Waals surface area contributed by atoms with Crippen LogP contribution in [-0.4, -0.2) is 0 Å². The van der Waals surface area contributed by atoms with Crippen LogP contribution >= 0.6 is 24.0 Å². The molecule has 0 aliphatic rings. The van der Waals surface area contributed by atoms with Gasteiger partial charge in [0.05, 0.1) is 0 Å². The molecular formula is C7H9Cl2FN2. The summed E-state index contributed by atoms with van der Waals surface area (Å²) in [5.74, 6) is 4.72. The highest BCUT2D eigenvalue weighted by Crippen LogP contribution is 2.13. The van der Waals surface area contributed by atoms with Crippen molar-refractivity contribution in [2.75, 3.05) is 0 Å². The predicted octanol–water partition coefficient (Wildman–Crippen LogP) is 1.86. The fourth-order valence-electron chi connectivity index (χ4n) is 0.789. The van der Waals surface area contributed by atoms with E-state index in [4.69, 9.17) is 17.4 Å². The zero-order chi connectivity index (χ0) is 8.27. The van der Waals surface area contributed by atoms with Crippen molar-refractivity contribution in [2.24, 2.45) is 5.84 Å². The number of nitrogens with two attached hydrogens (primary N) is 1. The number of hydrogen-bond acceptors (Lipinski definition) is 2. The number of benzene rings is 1. The third-order valence-corrected chi connectivity index (χ3v) is 1.54. The second-order valence-electron chi connectivity index (χ2n) is 2.12. The minimum atomic E-state index is -0.299. The van der Waals surface area contributed by atoms with Gasteiger partial charge in [0.1, 0.15) is 5.82 Å². The minimum Gasteiger partial charge on any atom is -0.271 e. The first-order valence-corrected chi connectivity index (χ1v) is 3.49. The highest BCUT2D eigenvalue weighted by atomic mass is 35.5. The van der Waals surface area contributed by atoms with Crippen molar-refractivity contribution in [3.05, 3.63) is 34.6 Å². The van der Waals surface area contributed by atoms with E-state index >= 15 is 0 Å². The van der Waals surface area contributed by atoms with Gasteiger partial charge in [-0.25, -0.2) is 4.39 Å². The maximum Gasteiger partial charge on any atom is 0.127 e. The topological polar surface area (TPSA) is 38.0 Å². The van der Waals surface area contributed by atoms with E-state index in [1.165, 1.54) is 18.2 Å². The van der Waals surface area contributed by atoms with Crippen LogP contribution < -0.4 is 11.3 Å². The SMILES string of the molecule is Cl.NNCc1cc(Cl)ccc1F. The maximum absolute atomic E-state index is 12.8. The summed E-state index contributed by atoms with van der Waals surface area (Å²) >= 11 is 5.62. The summed E-state index contributed by atoms with van der Waals surface area (Å²) in [6, 6.07) is 4.35. The Morgan fingerprint density at radius 1 is 1.50 bits per heavy atom. The molecule has 1 aromatic carbocycles. The van der Waals surface area contributed by atoms with Crippen LogP contribution in [0.3, 0.4) is 0 Å². The summed E-state index contributed by atoms with van der Waals surface area (Å²) in [6.45, 7) is 0.284. The molecule has 0 amide bonds. The molecule has 0 spiro atoms. The lowest BCUT2D eigenvalue weighted by atomic mass is 10.2. The molecular weight excluding hydrogens is 202 g/mol. The molecule has 0 aliphatic carbocycles. The summed E-state index contributed by atoms with van der Waals surface area (Å²) in [7, 11) is 0. The van der Waals surface area contributed by atoms with Gasteiger partial charge in [-0.15, -0.1) is 12.4 Å². The molecule has 2 nitrogen and oxygen atoms in total. The van der Waals surface area contributed by atoms with Gasteiger partial charge in [0.15, 0.2) is 0 Å².